The van der Waals surface area contributed by atoms with Gasteiger partial charge in [0, 0.05) is 6.04 Å². The third-order valence-electron chi connectivity index (χ3n) is 4.34. The summed E-state index contributed by atoms with van der Waals surface area (Å²) in [5.74, 6) is 0.525. The first kappa shape index (κ1) is 14.1. The average molecular weight is 265 g/mol. The number of carbonyl (C=O) groups is 1. The molecule has 0 saturated heterocycles. The molecule has 106 valence electrons. The highest BCUT2D eigenvalue weighted by Gasteiger charge is 2.27. The van der Waals surface area contributed by atoms with Gasteiger partial charge in [0.05, 0.1) is 6.04 Å². The first-order valence-corrected chi connectivity index (χ1v) is 7.04. The van der Waals surface area contributed by atoms with Crippen LogP contribution in [0.3, 0.4) is 0 Å². The summed E-state index contributed by atoms with van der Waals surface area (Å²) in [6.07, 6.45) is 5.04. The Morgan fingerprint density at radius 2 is 2.21 bits per heavy atom. The molecule has 0 radical (unpaired) electrons. The highest BCUT2D eigenvalue weighted by Crippen LogP contribution is 2.31. The smallest absolute Gasteiger partial charge is 0.371 e. The third kappa shape index (κ3) is 3.18. The van der Waals surface area contributed by atoms with Gasteiger partial charge >= 0.3 is 5.97 Å². The summed E-state index contributed by atoms with van der Waals surface area (Å²) < 4.78 is 5.40. The molecule has 1 heterocycles. The maximum absolute atomic E-state index is 10.8. The molecule has 3 unspecified atom stereocenters. The molecule has 0 amide bonds. The molecular weight excluding hydrogens is 242 g/mol. The summed E-state index contributed by atoms with van der Waals surface area (Å²) in [4.78, 5) is 13.2. The van der Waals surface area contributed by atoms with Crippen molar-refractivity contribution >= 4 is 5.97 Å². The van der Waals surface area contributed by atoms with Crippen LogP contribution in [0.1, 0.15) is 61.9 Å². The van der Waals surface area contributed by atoms with E-state index in [0.717, 1.165) is 11.7 Å². The largest absolute Gasteiger partial charge is 0.475 e. The van der Waals surface area contributed by atoms with Gasteiger partial charge in [-0.2, -0.15) is 0 Å². The first-order chi connectivity index (χ1) is 8.99. The van der Waals surface area contributed by atoms with E-state index in [9.17, 15) is 4.79 Å². The van der Waals surface area contributed by atoms with Gasteiger partial charge in [0.25, 0.3) is 0 Å². The Morgan fingerprint density at radius 1 is 1.47 bits per heavy atom. The number of hydrogen-bond donors (Lipinski definition) is 1. The lowest BCUT2D eigenvalue weighted by Crippen LogP contribution is -2.37. The van der Waals surface area contributed by atoms with E-state index in [1.54, 1.807) is 6.07 Å². The second-order valence-electron chi connectivity index (χ2n) is 5.77. The molecule has 4 nitrogen and oxygen atoms in total. The number of hydrogen-bond acceptors (Lipinski definition) is 3. The van der Waals surface area contributed by atoms with Crippen LogP contribution in [-0.4, -0.2) is 29.1 Å². The van der Waals surface area contributed by atoms with Crippen LogP contribution in [0.5, 0.6) is 0 Å². The van der Waals surface area contributed by atoms with Crippen LogP contribution in [0.4, 0.5) is 0 Å². The van der Waals surface area contributed by atoms with Crippen molar-refractivity contribution in [2.45, 2.75) is 51.6 Å². The van der Waals surface area contributed by atoms with E-state index in [4.69, 9.17) is 9.52 Å². The highest BCUT2D eigenvalue weighted by atomic mass is 16.4. The molecule has 1 aromatic heterocycles. The molecule has 1 N–H and O–H groups in total. The molecule has 1 aliphatic rings. The van der Waals surface area contributed by atoms with Gasteiger partial charge in [-0.15, -0.1) is 0 Å². The number of furan rings is 1. The predicted molar refractivity (Wildman–Crippen MR) is 73.3 cm³/mol. The number of rotatable bonds is 4. The highest BCUT2D eigenvalue weighted by molar-refractivity contribution is 5.84. The fraction of sp³-hybridized carbons (Fsp3) is 0.667. The minimum Gasteiger partial charge on any atom is -0.475 e. The molecule has 2 rings (SSSR count). The van der Waals surface area contributed by atoms with Crippen LogP contribution in [0.25, 0.3) is 0 Å². The zero-order valence-electron chi connectivity index (χ0n) is 11.9. The molecule has 0 aliphatic heterocycles. The van der Waals surface area contributed by atoms with E-state index in [-0.39, 0.29) is 11.8 Å². The summed E-state index contributed by atoms with van der Waals surface area (Å²) in [5, 5.41) is 8.89. The fourth-order valence-electron chi connectivity index (χ4n) is 2.98. The summed E-state index contributed by atoms with van der Waals surface area (Å²) in [7, 11) is 2.11. The summed E-state index contributed by atoms with van der Waals surface area (Å²) >= 11 is 0. The van der Waals surface area contributed by atoms with Gasteiger partial charge in [0.15, 0.2) is 0 Å². The van der Waals surface area contributed by atoms with Crippen molar-refractivity contribution in [3.63, 3.8) is 0 Å². The van der Waals surface area contributed by atoms with Crippen molar-refractivity contribution in [2.24, 2.45) is 5.92 Å². The Hall–Kier alpha value is -1.29. The summed E-state index contributed by atoms with van der Waals surface area (Å²) in [6, 6.07) is 3.99. The SMILES string of the molecule is CC1CCCC(N(C)C(C)c2ccc(C(=O)O)o2)C1. The van der Waals surface area contributed by atoms with Gasteiger partial charge in [-0.05, 0) is 44.9 Å². The molecule has 1 aliphatic carbocycles. The van der Waals surface area contributed by atoms with E-state index < -0.39 is 5.97 Å². The first-order valence-electron chi connectivity index (χ1n) is 7.04. The van der Waals surface area contributed by atoms with Crippen LogP contribution in [-0.2, 0) is 0 Å². The van der Waals surface area contributed by atoms with Gasteiger partial charge in [-0.3, -0.25) is 4.90 Å². The third-order valence-corrected chi connectivity index (χ3v) is 4.34. The minimum atomic E-state index is -1.01. The normalized spacial score (nSPS) is 25.5. The van der Waals surface area contributed by atoms with Gasteiger partial charge in [-0.25, -0.2) is 4.79 Å². The quantitative estimate of drug-likeness (QED) is 0.904. The van der Waals surface area contributed by atoms with Crippen LogP contribution in [0.2, 0.25) is 0 Å². The zero-order chi connectivity index (χ0) is 14.0. The Kier molecular flexibility index (Phi) is 4.30. The zero-order valence-corrected chi connectivity index (χ0v) is 11.9. The molecular formula is C15H23NO3. The minimum absolute atomic E-state index is 0.0206. The Bertz CT molecular complexity index is 440. The van der Waals surface area contributed by atoms with Crippen molar-refractivity contribution < 1.29 is 14.3 Å². The Labute approximate surface area is 114 Å². The van der Waals surface area contributed by atoms with Crippen LogP contribution >= 0.6 is 0 Å². The molecule has 1 aromatic rings. The van der Waals surface area contributed by atoms with E-state index in [0.29, 0.717) is 6.04 Å². The van der Waals surface area contributed by atoms with E-state index in [1.807, 2.05) is 0 Å². The monoisotopic (exact) mass is 265 g/mol. The Balaban J connectivity index is 2.04. The fourth-order valence-corrected chi connectivity index (χ4v) is 2.98. The van der Waals surface area contributed by atoms with Crippen molar-refractivity contribution in [1.29, 1.82) is 0 Å². The van der Waals surface area contributed by atoms with E-state index in [2.05, 4.69) is 25.8 Å². The standard InChI is InChI=1S/C15H23NO3/c1-10-5-4-6-12(9-10)16(3)11(2)13-7-8-14(19-13)15(17)18/h7-8,10-12H,4-6,9H2,1-3H3,(H,17,18). The van der Waals surface area contributed by atoms with Gasteiger partial charge < -0.3 is 9.52 Å². The molecule has 1 saturated carbocycles. The Morgan fingerprint density at radius 3 is 2.79 bits per heavy atom. The molecule has 0 bridgehead atoms. The number of carboxylic acids is 1. The van der Waals surface area contributed by atoms with Crippen molar-refractivity contribution in [3.8, 4) is 0 Å². The molecule has 1 fully saturated rings. The van der Waals surface area contributed by atoms with E-state index >= 15 is 0 Å². The lowest BCUT2D eigenvalue weighted by Gasteiger charge is -2.37. The second-order valence-corrected chi connectivity index (χ2v) is 5.77. The average Bonchev–Trinajstić information content (AvgIpc) is 2.86. The van der Waals surface area contributed by atoms with Gasteiger partial charge in [0.2, 0.25) is 5.76 Å². The lowest BCUT2D eigenvalue weighted by molar-refractivity contribution is 0.0651. The van der Waals surface area contributed by atoms with Crippen molar-refractivity contribution in [3.05, 3.63) is 23.7 Å². The molecule has 3 atom stereocenters. The predicted octanol–water partition coefficient (Wildman–Crippen LogP) is 3.55. The molecule has 19 heavy (non-hydrogen) atoms. The summed E-state index contributed by atoms with van der Waals surface area (Å²) in [5.41, 5.74) is 0. The summed E-state index contributed by atoms with van der Waals surface area (Å²) in [6.45, 7) is 4.38. The second kappa shape index (κ2) is 5.78. The van der Waals surface area contributed by atoms with Crippen LogP contribution < -0.4 is 0 Å². The number of carboxylic acid groups (broad SMARTS) is 1. The maximum Gasteiger partial charge on any atom is 0.371 e. The van der Waals surface area contributed by atoms with Gasteiger partial charge in [0.1, 0.15) is 5.76 Å². The van der Waals surface area contributed by atoms with Crippen molar-refractivity contribution in [1.82, 2.24) is 4.90 Å². The molecule has 0 aromatic carbocycles. The number of nitrogens with zero attached hydrogens (tertiary/aromatic N) is 1. The molecule has 4 heteroatoms. The van der Waals surface area contributed by atoms with Crippen molar-refractivity contribution in [2.75, 3.05) is 7.05 Å². The lowest BCUT2D eigenvalue weighted by atomic mass is 9.86. The van der Waals surface area contributed by atoms with Gasteiger partial charge in [-0.1, -0.05) is 19.8 Å². The molecule has 0 spiro atoms. The maximum atomic E-state index is 10.8. The number of aromatic carboxylic acids is 1. The van der Waals surface area contributed by atoms with E-state index in [1.165, 1.54) is 31.7 Å². The van der Waals surface area contributed by atoms with Crippen LogP contribution in [0.15, 0.2) is 16.5 Å². The topological polar surface area (TPSA) is 53.7 Å². The van der Waals surface area contributed by atoms with Crippen LogP contribution in [0, 0.1) is 5.92 Å².